The molecule has 156 valence electrons. The normalized spacial score (nSPS) is 24.0. The van der Waals surface area contributed by atoms with Crippen LogP contribution in [0.5, 0.6) is 0 Å². The summed E-state index contributed by atoms with van der Waals surface area (Å²) >= 11 is 0. The van der Waals surface area contributed by atoms with E-state index in [0.717, 1.165) is 32.2 Å². The fourth-order valence-corrected chi connectivity index (χ4v) is 4.87. The van der Waals surface area contributed by atoms with Crippen molar-refractivity contribution in [3.8, 4) is 0 Å². The van der Waals surface area contributed by atoms with Gasteiger partial charge in [0.05, 0.1) is 16.9 Å². The molecule has 1 saturated heterocycles. The maximum atomic E-state index is 12.8. The van der Waals surface area contributed by atoms with Crippen molar-refractivity contribution in [2.75, 3.05) is 32.0 Å². The third kappa shape index (κ3) is 4.65. The van der Waals surface area contributed by atoms with Crippen molar-refractivity contribution in [2.45, 2.75) is 30.6 Å². The molecule has 2 fully saturated rings. The van der Waals surface area contributed by atoms with Crippen LogP contribution in [0.4, 0.5) is 5.69 Å². The number of benzene rings is 1. The Kier molecular flexibility index (Phi) is 7.44. The zero-order chi connectivity index (χ0) is 19.5. The number of hydrogen-bond acceptors (Lipinski definition) is 5. The van der Waals surface area contributed by atoms with Crippen LogP contribution >= 0.6 is 12.4 Å². The van der Waals surface area contributed by atoms with Crippen molar-refractivity contribution >= 4 is 39.9 Å². The molecule has 1 aliphatic heterocycles. The van der Waals surface area contributed by atoms with Gasteiger partial charge in [0.2, 0.25) is 21.8 Å². The van der Waals surface area contributed by atoms with Crippen LogP contribution in [0.15, 0.2) is 29.2 Å². The number of amides is 2. The third-order valence-electron chi connectivity index (χ3n) is 5.60. The summed E-state index contributed by atoms with van der Waals surface area (Å²) < 4.78 is 25.9. The Bertz CT molecular complexity index is 833. The SMILES string of the molecule is CNS(=O)(=O)c1cccc(NC(=O)CNC(=O)[C@@]23CCCC[C@H]2CNC3)c1.Cl. The van der Waals surface area contributed by atoms with Crippen LogP contribution in [-0.2, 0) is 19.6 Å². The number of sulfonamides is 1. The smallest absolute Gasteiger partial charge is 0.243 e. The highest BCUT2D eigenvalue weighted by molar-refractivity contribution is 7.89. The fraction of sp³-hybridized carbons (Fsp3) is 0.556. The molecule has 0 unspecified atom stereocenters. The standard InChI is InChI=1S/C18H26N4O4S.ClH/c1-19-27(25,26)15-7-4-6-14(9-15)22-16(23)11-21-17(24)18-8-3-2-5-13(18)10-20-12-18;/h4,6-7,9,13,19-20H,2-3,5,8,10-12H2,1H3,(H,21,24)(H,22,23);1H/t13-,18+;/m0./s1. The first kappa shape index (κ1) is 22.6. The highest BCUT2D eigenvalue weighted by atomic mass is 35.5. The summed E-state index contributed by atoms with van der Waals surface area (Å²) in [5.74, 6) is -0.131. The minimum atomic E-state index is -3.59. The second kappa shape index (κ2) is 9.21. The summed E-state index contributed by atoms with van der Waals surface area (Å²) in [6.45, 7) is 1.37. The number of carbonyl (C=O) groups excluding carboxylic acids is 2. The molecule has 28 heavy (non-hydrogen) atoms. The average molecular weight is 431 g/mol. The second-order valence-electron chi connectivity index (χ2n) is 7.20. The Balaban J connectivity index is 0.00000280. The van der Waals surface area contributed by atoms with Gasteiger partial charge >= 0.3 is 0 Å². The molecule has 2 atom stereocenters. The lowest BCUT2D eigenvalue weighted by atomic mass is 9.67. The molecule has 1 aromatic rings. The number of rotatable bonds is 6. The third-order valence-corrected chi connectivity index (χ3v) is 7.01. The molecule has 3 rings (SSSR count). The van der Waals surface area contributed by atoms with E-state index in [0.29, 0.717) is 18.2 Å². The van der Waals surface area contributed by atoms with Gasteiger partial charge in [-0.2, -0.15) is 0 Å². The maximum absolute atomic E-state index is 12.8. The highest BCUT2D eigenvalue weighted by Gasteiger charge is 2.49. The molecule has 4 N–H and O–H groups in total. The molecule has 2 aliphatic rings. The van der Waals surface area contributed by atoms with Gasteiger partial charge in [-0.3, -0.25) is 9.59 Å². The van der Waals surface area contributed by atoms with Crippen molar-refractivity contribution < 1.29 is 18.0 Å². The van der Waals surface area contributed by atoms with Crippen LogP contribution in [0.25, 0.3) is 0 Å². The predicted molar refractivity (Wildman–Crippen MR) is 109 cm³/mol. The van der Waals surface area contributed by atoms with E-state index in [-0.39, 0.29) is 29.8 Å². The molecule has 10 heteroatoms. The average Bonchev–Trinajstić information content (AvgIpc) is 3.11. The van der Waals surface area contributed by atoms with E-state index in [1.54, 1.807) is 12.1 Å². The van der Waals surface area contributed by atoms with E-state index in [4.69, 9.17) is 0 Å². The summed E-state index contributed by atoms with van der Waals surface area (Å²) in [6.07, 6.45) is 4.07. The summed E-state index contributed by atoms with van der Waals surface area (Å²) in [5, 5.41) is 8.72. The molecule has 0 aromatic heterocycles. The van der Waals surface area contributed by atoms with Crippen molar-refractivity contribution in [2.24, 2.45) is 11.3 Å². The first-order chi connectivity index (χ1) is 12.9. The predicted octanol–water partition coefficient (Wildman–Crippen LogP) is 0.851. The maximum Gasteiger partial charge on any atom is 0.243 e. The van der Waals surface area contributed by atoms with E-state index in [9.17, 15) is 18.0 Å². The molecule has 1 aromatic carbocycles. The van der Waals surface area contributed by atoms with Crippen LogP contribution in [0.3, 0.4) is 0 Å². The monoisotopic (exact) mass is 430 g/mol. The Labute approximate surface area is 171 Å². The van der Waals surface area contributed by atoms with Gasteiger partial charge in [-0.05, 0) is 50.6 Å². The van der Waals surface area contributed by atoms with Crippen LogP contribution in [0.1, 0.15) is 25.7 Å². The summed E-state index contributed by atoms with van der Waals surface area (Å²) in [7, 11) is -2.26. The fourth-order valence-electron chi connectivity index (χ4n) is 4.09. The van der Waals surface area contributed by atoms with Crippen LogP contribution in [0.2, 0.25) is 0 Å². The largest absolute Gasteiger partial charge is 0.346 e. The van der Waals surface area contributed by atoms with Gasteiger partial charge < -0.3 is 16.0 Å². The number of fused-ring (bicyclic) bond motifs is 1. The first-order valence-corrected chi connectivity index (χ1v) is 10.7. The highest BCUT2D eigenvalue weighted by Crippen LogP contribution is 2.43. The molecule has 1 saturated carbocycles. The van der Waals surface area contributed by atoms with E-state index < -0.39 is 21.3 Å². The zero-order valence-corrected chi connectivity index (χ0v) is 17.4. The quantitative estimate of drug-likeness (QED) is 0.534. The van der Waals surface area contributed by atoms with E-state index >= 15 is 0 Å². The molecular formula is C18H27ClN4O4S. The van der Waals surface area contributed by atoms with Gasteiger partial charge in [-0.15, -0.1) is 12.4 Å². The van der Waals surface area contributed by atoms with Gasteiger partial charge in [-0.1, -0.05) is 18.9 Å². The molecular weight excluding hydrogens is 404 g/mol. The number of nitrogens with one attached hydrogen (secondary N) is 4. The number of anilines is 1. The van der Waals surface area contributed by atoms with Crippen molar-refractivity contribution in [1.82, 2.24) is 15.4 Å². The lowest BCUT2D eigenvalue weighted by Crippen LogP contribution is -2.49. The Morgan fingerprint density at radius 3 is 2.82 bits per heavy atom. The van der Waals surface area contributed by atoms with Crippen molar-refractivity contribution in [3.05, 3.63) is 24.3 Å². The molecule has 2 amide bonds. The summed E-state index contributed by atoms with van der Waals surface area (Å²) in [5.41, 5.74) is -0.0407. The van der Waals surface area contributed by atoms with Crippen molar-refractivity contribution in [3.63, 3.8) is 0 Å². The Morgan fingerprint density at radius 2 is 2.07 bits per heavy atom. The molecule has 1 aliphatic carbocycles. The van der Waals surface area contributed by atoms with Gasteiger partial charge in [0.25, 0.3) is 0 Å². The van der Waals surface area contributed by atoms with Crippen molar-refractivity contribution in [1.29, 1.82) is 0 Å². The van der Waals surface area contributed by atoms with Gasteiger partial charge in [0.15, 0.2) is 0 Å². The first-order valence-electron chi connectivity index (χ1n) is 9.20. The minimum absolute atomic E-state index is 0. The molecule has 0 bridgehead atoms. The lowest BCUT2D eigenvalue weighted by molar-refractivity contribution is -0.135. The molecule has 8 nitrogen and oxygen atoms in total. The number of carbonyl (C=O) groups is 2. The van der Waals surface area contributed by atoms with Crippen LogP contribution in [-0.4, -0.2) is 46.9 Å². The van der Waals surface area contributed by atoms with E-state index in [2.05, 4.69) is 20.7 Å². The van der Waals surface area contributed by atoms with Crippen LogP contribution < -0.4 is 20.7 Å². The van der Waals surface area contributed by atoms with Gasteiger partial charge in [0.1, 0.15) is 0 Å². The zero-order valence-electron chi connectivity index (χ0n) is 15.8. The summed E-state index contributed by atoms with van der Waals surface area (Å²) in [6, 6.07) is 5.97. The molecule has 0 radical (unpaired) electrons. The number of halogens is 1. The Morgan fingerprint density at radius 1 is 1.29 bits per heavy atom. The van der Waals surface area contributed by atoms with Gasteiger partial charge in [-0.25, -0.2) is 13.1 Å². The van der Waals surface area contributed by atoms with E-state index in [1.165, 1.54) is 19.2 Å². The molecule has 0 spiro atoms. The summed E-state index contributed by atoms with van der Waals surface area (Å²) in [4.78, 5) is 25.0. The molecule has 1 heterocycles. The number of hydrogen-bond donors (Lipinski definition) is 4. The minimum Gasteiger partial charge on any atom is -0.346 e. The van der Waals surface area contributed by atoms with E-state index in [1.807, 2.05) is 0 Å². The van der Waals surface area contributed by atoms with Crippen LogP contribution in [0, 0.1) is 11.3 Å². The Hall–Kier alpha value is -1.68. The second-order valence-corrected chi connectivity index (χ2v) is 9.08. The topological polar surface area (TPSA) is 116 Å². The lowest BCUT2D eigenvalue weighted by Gasteiger charge is -2.37. The van der Waals surface area contributed by atoms with Gasteiger partial charge in [0, 0.05) is 12.2 Å².